The molecule has 0 aliphatic carbocycles. The first kappa shape index (κ1) is 6.27. The zero-order valence-electron chi connectivity index (χ0n) is 4.10. The molecule has 1 N–H and O–H groups in total. The molecule has 1 amide bonds. The van der Waals surface area contributed by atoms with E-state index >= 15 is 0 Å². The number of carbonyl (C=O) groups excluding carboxylic acids is 2. The minimum absolute atomic E-state index is 0.0312. The molecule has 0 aromatic carbocycles. The first-order valence-electron chi connectivity index (χ1n) is 1.95. The van der Waals surface area contributed by atoms with Gasteiger partial charge in [0.1, 0.15) is 0 Å². The van der Waals surface area contributed by atoms with E-state index in [1.54, 1.807) is 0 Å². The molecule has 0 saturated heterocycles. The van der Waals surface area contributed by atoms with Crippen LogP contribution >= 0.6 is 0 Å². The van der Waals surface area contributed by atoms with Crippen LogP contribution < -0.4 is 5.23 Å². The van der Waals surface area contributed by atoms with Crippen molar-refractivity contribution in [1.29, 1.82) is 0 Å². The van der Waals surface area contributed by atoms with Crippen LogP contribution in [0.1, 0.15) is 0 Å². The Balaban J connectivity index is 3.17. The Morgan fingerprint density at radius 1 is 1.86 bits per heavy atom. The molecule has 0 atom stereocenters. The Morgan fingerprint density at radius 2 is 2.43 bits per heavy atom. The molecule has 0 radical (unpaired) electrons. The first-order chi connectivity index (χ1) is 3.31. The van der Waals surface area contributed by atoms with Crippen molar-refractivity contribution in [2.24, 2.45) is 0 Å². The van der Waals surface area contributed by atoms with Crippen molar-refractivity contribution in [1.82, 2.24) is 5.23 Å². The third-order valence-electron chi connectivity index (χ3n) is 0.548. The minimum Gasteiger partial charge on any atom is -0.414 e. The minimum atomic E-state index is -0.241. The first-order valence-corrected chi connectivity index (χ1v) is 1.95. The van der Waals surface area contributed by atoms with Crippen LogP contribution in [0.3, 0.4) is 0 Å². The van der Waals surface area contributed by atoms with Gasteiger partial charge in [-0.15, -0.1) is 0 Å². The highest BCUT2D eigenvalue weighted by atomic mass is 16.1. The molecule has 0 saturated carbocycles. The summed E-state index contributed by atoms with van der Waals surface area (Å²) >= 11 is 0. The second-order valence-corrected chi connectivity index (χ2v) is 1.04. The average Bonchev–Trinajstić information content (AvgIpc) is 1.68. The zero-order valence-corrected chi connectivity index (χ0v) is 4.10. The largest absolute Gasteiger partial charge is 0.414 e. The third-order valence-corrected chi connectivity index (χ3v) is 0.548. The number of hydrogen-bond donors (Lipinski definition) is 1. The Labute approximate surface area is 43.1 Å². The Bertz CT molecular complexity index is 83.8. The molecule has 0 spiro atoms. The molecule has 5 heteroatoms. The lowest BCUT2D eigenvalue weighted by Gasteiger charge is -1.85. The van der Waals surface area contributed by atoms with Gasteiger partial charge >= 0.3 is 7.28 Å². The summed E-state index contributed by atoms with van der Waals surface area (Å²) in [6.07, 6.45) is 0.568. The zero-order chi connectivity index (χ0) is 5.70. The molecular formula is C2H5B2NO2. The second-order valence-electron chi connectivity index (χ2n) is 1.04. The normalized spacial score (nSPS) is 6.86. The molecule has 0 fully saturated rings. The fourth-order valence-corrected chi connectivity index (χ4v) is 0.178. The summed E-state index contributed by atoms with van der Waals surface area (Å²) < 4.78 is 0. The van der Waals surface area contributed by atoms with E-state index in [9.17, 15) is 9.59 Å². The molecule has 36 valence electrons. The monoisotopic (exact) mass is 97.1 g/mol. The van der Waals surface area contributed by atoms with Gasteiger partial charge in [-0.2, -0.15) is 0 Å². The summed E-state index contributed by atoms with van der Waals surface area (Å²) in [6.45, 7) is 0. The highest BCUT2D eigenvalue weighted by Gasteiger charge is 1.94. The van der Waals surface area contributed by atoms with Crippen LogP contribution in [0, 0.1) is 0 Å². The highest BCUT2D eigenvalue weighted by molar-refractivity contribution is 6.93. The molecule has 0 aromatic rings. The molecule has 3 nitrogen and oxygen atoms in total. The summed E-state index contributed by atoms with van der Waals surface area (Å²) in [6, 6.07) is 0. The van der Waals surface area contributed by atoms with Crippen molar-refractivity contribution < 1.29 is 9.59 Å². The number of rotatable bonds is 2. The van der Waals surface area contributed by atoms with E-state index in [1.807, 2.05) is 0 Å². The average molecular weight is 96.7 g/mol. The number of hydrogen-bond acceptors (Lipinski definition) is 2. The Hall–Kier alpha value is -0.730. The summed E-state index contributed by atoms with van der Waals surface area (Å²) in [5.74, 6) is -0.241. The van der Waals surface area contributed by atoms with Gasteiger partial charge in [0, 0.05) is 0 Å². The van der Waals surface area contributed by atoms with E-state index in [1.165, 1.54) is 7.98 Å². The van der Waals surface area contributed by atoms with Gasteiger partial charge in [-0.05, 0) is 0 Å². The van der Waals surface area contributed by atoms with E-state index in [0.717, 1.165) is 0 Å². The molecule has 0 aromatic heterocycles. The topological polar surface area (TPSA) is 46.2 Å². The summed E-state index contributed by atoms with van der Waals surface area (Å²) in [7, 11) is 1.46. The lowest BCUT2D eigenvalue weighted by atomic mass is 9.80. The second kappa shape index (κ2) is 3.46. The Kier molecular flexibility index (Phi) is 3.10. The van der Waals surface area contributed by atoms with Crippen LogP contribution in [0.2, 0.25) is 0 Å². The lowest BCUT2D eigenvalue weighted by Crippen LogP contribution is -2.24. The fraction of sp³-hybridized carbons (Fsp3) is 0. The van der Waals surface area contributed by atoms with Crippen molar-refractivity contribution in [3.05, 3.63) is 0 Å². The van der Waals surface area contributed by atoms with Crippen molar-refractivity contribution in [2.75, 3.05) is 0 Å². The van der Waals surface area contributed by atoms with Gasteiger partial charge in [-0.3, -0.25) is 4.79 Å². The van der Waals surface area contributed by atoms with Gasteiger partial charge in [0.25, 0.3) is 0 Å². The standard InChI is InChI=1S/C2H5B2NO2/c3-5-2(7)4-1-6/h1,4H,3H2,(H,5,7). The van der Waals surface area contributed by atoms with E-state index < -0.39 is 0 Å². The summed E-state index contributed by atoms with van der Waals surface area (Å²) in [4.78, 5) is 19.6. The maximum atomic E-state index is 10.1. The molecule has 0 rings (SSSR count). The molecule has 0 unspecified atom stereocenters. The number of nitrogens with one attached hydrogen (secondary N) is 1. The summed E-state index contributed by atoms with van der Waals surface area (Å²) in [5, 5.41) is 2.30. The predicted octanol–water partition coefficient (Wildman–Crippen LogP) is -2.13. The van der Waals surface area contributed by atoms with E-state index in [-0.39, 0.29) is 13.1 Å². The third kappa shape index (κ3) is 3.09. The van der Waals surface area contributed by atoms with Crippen LogP contribution in [0.25, 0.3) is 0 Å². The van der Waals surface area contributed by atoms with Crippen LogP contribution in [-0.2, 0) is 4.79 Å². The lowest BCUT2D eigenvalue weighted by molar-refractivity contribution is 0.263. The smallest absolute Gasteiger partial charge is 0.307 e. The van der Waals surface area contributed by atoms with Crippen LogP contribution in [0.5, 0.6) is 0 Å². The van der Waals surface area contributed by atoms with Crippen LogP contribution in [0.15, 0.2) is 0 Å². The van der Waals surface area contributed by atoms with Crippen molar-refractivity contribution in [3.8, 4) is 0 Å². The van der Waals surface area contributed by atoms with Crippen molar-refractivity contribution >= 4 is 27.3 Å². The molecule has 7 heavy (non-hydrogen) atoms. The highest BCUT2D eigenvalue weighted by Crippen LogP contribution is 1.55. The quantitative estimate of drug-likeness (QED) is 0.316. The summed E-state index contributed by atoms with van der Waals surface area (Å²) in [5.41, 5.74) is 0. The van der Waals surface area contributed by atoms with Gasteiger partial charge in [0.05, 0.1) is 6.19 Å². The van der Waals surface area contributed by atoms with Crippen LogP contribution in [0.4, 0.5) is 4.79 Å². The van der Waals surface area contributed by atoms with Gasteiger partial charge in [-0.1, -0.05) is 0 Å². The van der Waals surface area contributed by atoms with Crippen LogP contribution in [-0.4, -0.2) is 27.3 Å². The maximum Gasteiger partial charge on any atom is 0.307 e. The van der Waals surface area contributed by atoms with E-state index in [2.05, 4.69) is 5.23 Å². The molecule has 0 heterocycles. The van der Waals surface area contributed by atoms with E-state index in [0.29, 0.717) is 6.19 Å². The molecular weight excluding hydrogens is 91.7 g/mol. The molecule has 0 aliphatic heterocycles. The van der Waals surface area contributed by atoms with Crippen molar-refractivity contribution in [3.63, 3.8) is 0 Å². The van der Waals surface area contributed by atoms with E-state index in [4.69, 9.17) is 0 Å². The Morgan fingerprint density at radius 3 is 2.57 bits per heavy atom. The fourth-order valence-electron chi connectivity index (χ4n) is 0.178. The van der Waals surface area contributed by atoms with Gasteiger partial charge < -0.3 is 10.0 Å². The predicted molar refractivity (Wildman–Crippen MR) is 31.0 cm³/mol. The molecule has 0 aliphatic rings. The maximum absolute atomic E-state index is 10.1. The van der Waals surface area contributed by atoms with Gasteiger partial charge in [-0.25, -0.2) is 0 Å². The number of amides is 1. The number of carbonyl (C=O) groups is 2. The SMILES string of the molecule is BNC(=O)BC=O. The molecule has 0 bridgehead atoms. The van der Waals surface area contributed by atoms with Gasteiger partial charge in [0.2, 0.25) is 7.98 Å². The van der Waals surface area contributed by atoms with Crippen molar-refractivity contribution in [2.45, 2.75) is 0 Å². The van der Waals surface area contributed by atoms with Gasteiger partial charge in [0.15, 0.2) is 5.81 Å².